The van der Waals surface area contributed by atoms with Crippen molar-refractivity contribution in [1.29, 1.82) is 0 Å². The Hall–Kier alpha value is -3.19. The summed E-state index contributed by atoms with van der Waals surface area (Å²) in [4.78, 5) is 16.4. The Morgan fingerprint density at radius 2 is 1.71 bits per heavy atom. The molecule has 2 N–H and O–H groups in total. The Kier molecular flexibility index (Phi) is 6.06. The zero-order valence-electron chi connectivity index (χ0n) is 15.4. The first-order valence-electron chi connectivity index (χ1n) is 8.87. The molecule has 2 amide bonds. The molecule has 1 heterocycles. The summed E-state index contributed by atoms with van der Waals surface area (Å²) >= 11 is 0. The minimum atomic E-state index is -3.60. The maximum atomic E-state index is 12.8. The molecule has 7 heteroatoms. The van der Waals surface area contributed by atoms with Gasteiger partial charge in [0.25, 0.3) is 0 Å². The fourth-order valence-corrected chi connectivity index (χ4v) is 3.98. The van der Waals surface area contributed by atoms with Crippen LogP contribution in [0.3, 0.4) is 0 Å². The SMILES string of the molecule is CCc1cccc(S(=O)(=O)c2ccc(NC(=O)NCc3cccnc3)cc2)c1. The van der Waals surface area contributed by atoms with Crippen molar-refractivity contribution in [1.82, 2.24) is 10.3 Å². The van der Waals surface area contributed by atoms with Crippen molar-refractivity contribution in [2.75, 3.05) is 5.32 Å². The van der Waals surface area contributed by atoms with E-state index in [2.05, 4.69) is 15.6 Å². The van der Waals surface area contributed by atoms with Crippen LogP contribution >= 0.6 is 0 Å². The highest BCUT2D eigenvalue weighted by atomic mass is 32.2. The molecular weight excluding hydrogens is 374 g/mol. The molecule has 6 nitrogen and oxygen atoms in total. The Morgan fingerprint density at radius 3 is 2.39 bits per heavy atom. The van der Waals surface area contributed by atoms with E-state index in [0.717, 1.165) is 17.5 Å². The quantitative estimate of drug-likeness (QED) is 0.664. The van der Waals surface area contributed by atoms with Gasteiger partial charge in [0.15, 0.2) is 0 Å². The molecule has 0 bridgehead atoms. The third-order valence-corrected chi connectivity index (χ3v) is 5.98. The Balaban J connectivity index is 1.66. The van der Waals surface area contributed by atoms with Crippen LogP contribution in [0.5, 0.6) is 0 Å². The predicted molar refractivity (Wildman–Crippen MR) is 108 cm³/mol. The van der Waals surface area contributed by atoms with Gasteiger partial charge in [0.1, 0.15) is 0 Å². The molecule has 2 aromatic carbocycles. The van der Waals surface area contributed by atoms with E-state index in [1.54, 1.807) is 48.8 Å². The lowest BCUT2D eigenvalue weighted by molar-refractivity contribution is 0.251. The molecule has 0 aliphatic rings. The van der Waals surface area contributed by atoms with Crippen LogP contribution in [-0.2, 0) is 22.8 Å². The first-order chi connectivity index (χ1) is 13.5. The predicted octanol–water partition coefficient (Wildman–Crippen LogP) is 3.80. The van der Waals surface area contributed by atoms with Crippen molar-refractivity contribution in [2.45, 2.75) is 29.7 Å². The van der Waals surface area contributed by atoms with E-state index in [-0.39, 0.29) is 15.8 Å². The molecule has 0 atom stereocenters. The summed E-state index contributed by atoms with van der Waals surface area (Å²) in [5.41, 5.74) is 2.35. The molecule has 0 aliphatic heterocycles. The molecule has 3 rings (SSSR count). The zero-order valence-corrected chi connectivity index (χ0v) is 16.2. The average Bonchev–Trinajstić information content (AvgIpc) is 2.73. The second-order valence-electron chi connectivity index (χ2n) is 6.20. The van der Waals surface area contributed by atoms with E-state index in [9.17, 15) is 13.2 Å². The van der Waals surface area contributed by atoms with E-state index >= 15 is 0 Å². The Bertz CT molecular complexity index is 1050. The minimum absolute atomic E-state index is 0.182. The molecular formula is C21H21N3O3S. The molecule has 0 saturated heterocycles. The summed E-state index contributed by atoms with van der Waals surface area (Å²) in [6, 6.07) is 16.3. The van der Waals surface area contributed by atoms with Crippen LogP contribution in [0.1, 0.15) is 18.1 Å². The molecule has 28 heavy (non-hydrogen) atoms. The fraction of sp³-hybridized carbons (Fsp3) is 0.143. The van der Waals surface area contributed by atoms with Gasteiger partial charge in [-0.25, -0.2) is 13.2 Å². The molecule has 0 aliphatic carbocycles. The first kappa shape index (κ1) is 19.6. The van der Waals surface area contributed by atoms with E-state index in [0.29, 0.717) is 12.2 Å². The van der Waals surface area contributed by atoms with E-state index in [4.69, 9.17) is 0 Å². The van der Waals surface area contributed by atoms with Crippen molar-refractivity contribution in [2.24, 2.45) is 0 Å². The van der Waals surface area contributed by atoms with Crippen LogP contribution in [0.15, 0.2) is 82.8 Å². The van der Waals surface area contributed by atoms with Gasteiger partial charge in [-0.2, -0.15) is 0 Å². The van der Waals surface area contributed by atoms with Crippen LogP contribution in [0.2, 0.25) is 0 Å². The van der Waals surface area contributed by atoms with Crippen LogP contribution < -0.4 is 10.6 Å². The van der Waals surface area contributed by atoms with Gasteiger partial charge in [0.2, 0.25) is 9.84 Å². The number of anilines is 1. The van der Waals surface area contributed by atoms with Gasteiger partial charge in [0, 0.05) is 24.6 Å². The normalized spacial score (nSPS) is 11.0. The number of aromatic nitrogens is 1. The number of rotatable bonds is 6. The number of nitrogens with zero attached hydrogens (tertiary/aromatic N) is 1. The average molecular weight is 395 g/mol. The Morgan fingerprint density at radius 1 is 0.964 bits per heavy atom. The molecule has 3 aromatic rings. The second-order valence-corrected chi connectivity index (χ2v) is 8.15. The molecule has 144 valence electrons. The number of hydrogen-bond donors (Lipinski definition) is 2. The van der Waals surface area contributed by atoms with Gasteiger partial charge in [0.05, 0.1) is 9.79 Å². The number of carbonyl (C=O) groups is 1. The van der Waals surface area contributed by atoms with Crippen LogP contribution in [-0.4, -0.2) is 19.4 Å². The van der Waals surface area contributed by atoms with Crippen molar-refractivity contribution in [3.63, 3.8) is 0 Å². The summed E-state index contributed by atoms with van der Waals surface area (Å²) in [5, 5.41) is 5.41. The molecule has 0 saturated carbocycles. The van der Waals surface area contributed by atoms with Crippen LogP contribution in [0, 0.1) is 0 Å². The van der Waals surface area contributed by atoms with Gasteiger partial charge in [-0.3, -0.25) is 4.98 Å². The molecule has 0 unspecified atom stereocenters. The standard InChI is InChI=1S/C21H21N3O3S/c1-2-16-5-3-7-20(13-16)28(26,27)19-10-8-18(9-11-19)24-21(25)23-15-17-6-4-12-22-14-17/h3-14H,2,15H2,1H3,(H2,23,24,25). The number of nitrogens with one attached hydrogen (secondary N) is 2. The highest BCUT2D eigenvalue weighted by molar-refractivity contribution is 7.91. The van der Waals surface area contributed by atoms with E-state index in [1.807, 2.05) is 19.1 Å². The lowest BCUT2D eigenvalue weighted by Gasteiger charge is -2.09. The van der Waals surface area contributed by atoms with Crippen LogP contribution in [0.25, 0.3) is 0 Å². The van der Waals surface area contributed by atoms with Crippen molar-refractivity contribution in [3.05, 3.63) is 84.2 Å². The minimum Gasteiger partial charge on any atom is -0.334 e. The van der Waals surface area contributed by atoms with Gasteiger partial charge in [-0.1, -0.05) is 25.1 Å². The van der Waals surface area contributed by atoms with Crippen molar-refractivity contribution < 1.29 is 13.2 Å². The van der Waals surface area contributed by atoms with Crippen molar-refractivity contribution >= 4 is 21.6 Å². The number of hydrogen-bond acceptors (Lipinski definition) is 4. The summed E-state index contributed by atoms with van der Waals surface area (Å²) in [5.74, 6) is 0. The van der Waals surface area contributed by atoms with Gasteiger partial charge in [-0.05, 0) is 60.0 Å². The number of aryl methyl sites for hydroxylation is 1. The molecule has 0 fully saturated rings. The summed E-state index contributed by atoms with van der Waals surface area (Å²) in [7, 11) is -3.60. The summed E-state index contributed by atoms with van der Waals surface area (Å²) in [6.07, 6.45) is 4.10. The fourth-order valence-electron chi connectivity index (χ4n) is 2.65. The number of urea groups is 1. The highest BCUT2D eigenvalue weighted by Gasteiger charge is 2.17. The van der Waals surface area contributed by atoms with Gasteiger partial charge < -0.3 is 10.6 Å². The van der Waals surface area contributed by atoms with E-state index in [1.165, 1.54) is 12.1 Å². The molecule has 0 spiro atoms. The number of amides is 2. The summed E-state index contributed by atoms with van der Waals surface area (Å²) in [6.45, 7) is 2.32. The topological polar surface area (TPSA) is 88.2 Å². The largest absolute Gasteiger partial charge is 0.334 e. The number of pyridine rings is 1. The number of benzene rings is 2. The van der Waals surface area contributed by atoms with Gasteiger partial charge in [-0.15, -0.1) is 0 Å². The van der Waals surface area contributed by atoms with Crippen LogP contribution in [0.4, 0.5) is 10.5 Å². The summed E-state index contributed by atoms with van der Waals surface area (Å²) < 4.78 is 25.6. The lowest BCUT2D eigenvalue weighted by Crippen LogP contribution is -2.28. The third-order valence-electron chi connectivity index (χ3n) is 4.22. The second kappa shape index (κ2) is 8.67. The lowest BCUT2D eigenvalue weighted by atomic mass is 10.2. The first-order valence-corrected chi connectivity index (χ1v) is 10.3. The number of sulfone groups is 1. The smallest absolute Gasteiger partial charge is 0.319 e. The maximum absolute atomic E-state index is 12.8. The van der Waals surface area contributed by atoms with Gasteiger partial charge >= 0.3 is 6.03 Å². The molecule has 1 aromatic heterocycles. The monoisotopic (exact) mass is 395 g/mol. The third kappa shape index (κ3) is 4.75. The number of carbonyl (C=O) groups excluding carboxylic acids is 1. The molecule has 0 radical (unpaired) electrons. The Labute approximate surface area is 164 Å². The van der Waals surface area contributed by atoms with Crippen molar-refractivity contribution in [3.8, 4) is 0 Å². The highest BCUT2D eigenvalue weighted by Crippen LogP contribution is 2.23. The maximum Gasteiger partial charge on any atom is 0.319 e. The zero-order chi connectivity index (χ0) is 20.0. The van der Waals surface area contributed by atoms with E-state index < -0.39 is 9.84 Å².